The lowest BCUT2D eigenvalue weighted by Gasteiger charge is -2.29. The molecule has 5 nitrogen and oxygen atoms in total. The van der Waals surface area contributed by atoms with Crippen molar-refractivity contribution in [2.75, 3.05) is 13.1 Å². The van der Waals surface area contributed by atoms with Crippen molar-refractivity contribution in [1.29, 1.82) is 0 Å². The summed E-state index contributed by atoms with van der Waals surface area (Å²) >= 11 is 0. The van der Waals surface area contributed by atoms with Crippen molar-refractivity contribution in [3.05, 3.63) is 29.8 Å². The van der Waals surface area contributed by atoms with Crippen LogP contribution in [0.2, 0.25) is 0 Å². The van der Waals surface area contributed by atoms with Crippen LogP contribution >= 0.6 is 0 Å². The fraction of sp³-hybridized carbons (Fsp3) is 0.417. The van der Waals surface area contributed by atoms with Gasteiger partial charge in [0, 0.05) is 19.5 Å². The highest BCUT2D eigenvalue weighted by Crippen LogP contribution is 2.21. The molecule has 0 aromatic heterocycles. The van der Waals surface area contributed by atoms with E-state index in [0.29, 0.717) is 19.5 Å². The Kier molecular flexibility index (Phi) is 3.68. The van der Waals surface area contributed by atoms with Gasteiger partial charge in [-0.15, -0.1) is 0 Å². The van der Waals surface area contributed by atoms with Crippen LogP contribution in [0.3, 0.4) is 0 Å². The summed E-state index contributed by atoms with van der Waals surface area (Å²) in [5, 5.41) is 8.57. The van der Waals surface area contributed by atoms with E-state index in [1.54, 1.807) is 24.3 Å². The van der Waals surface area contributed by atoms with Gasteiger partial charge in [-0.25, -0.2) is 8.42 Å². The molecule has 1 heterocycles. The Bertz CT molecular complexity index is 532. The highest BCUT2D eigenvalue weighted by molar-refractivity contribution is 7.89. The number of carbonyl (C=O) groups is 1. The molecule has 2 rings (SSSR count). The number of sulfonamides is 1. The van der Waals surface area contributed by atoms with Gasteiger partial charge in [0.2, 0.25) is 10.0 Å². The molecule has 6 heteroatoms. The van der Waals surface area contributed by atoms with E-state index in [2.05, 4.69) is 0 Å². The van der Waals surface area contributed by atoms with Crippen LogP contribution in [-0.2, 0) is 21.2 Å². The van der Waals surface area contributed by atoms with Crippen LogP contribution in [0.4, 0.5) is 0 Å². The summed E-state index contributed by atoms with van der Waals surface area (Å²) in [5.74, 6) is -0.854. The largest absolute Gasteiger partial charge is 0.481 e. The fourth-order valence-electron chi connectivity index (χ4n) is 1.76. The number of aliphatic carboxylic acids is 1. The predicted octanol–water partition coefficient (Wildman–Crippen LogP) is 1.10. The number of benzene rings is 1. The summed E-state index contributed by atoms with van der Waals surface area (Å²) in [6.07, 6.45) is 1.38. The first-order valence-corrected chi connectivity index (χ1v) is 7.25. The predicted molar refractivity (Wildman–Crippen MR) is 65.8 cm³/mol. The summed E-state index contributed by atoms with van der Waals surface area (Å²) in [7, 11) is -3.33. The molecule has 18 heavy (non-hydrogen) atoms. The number of aryl methyl sites for hydroxylation is 1. The Hall–Kier alpha value is -1.40. The maximum atomic E-state index is 12.0. The third-order valence-electron chi connectivity index (χ3n) is 3.00. The molecule has 0 radical (unpaired) electrons. The first kappa shape index (κ1) is 13.0. The Balaban J connectivity index is 2.09. The quantitative estimate of drug-likeness (QED) is 0.868. The second-order valence-corrected chi connectivity index (χ2v) is 6.23. The van der Waals surface area contributed by atoms with Crippen LogP contribution in [0, 0.1) is 0 Å². The molecule has 0 spiro atoms. The van der Waals surface area contributed by atoms with Crippen LogP contribution in [0.15, 0.2) is 29.2 Å². The SMILES string of the molecule is O=C(O)CCc1ccc(S(=O)(=O)N2CCC2)cc1. The summed E-state index contributed by atoms with van der Waals surface area (Å²) in [6.45, 7) is 1.17. The number of nitrogens with zero attached hydrogens (tertiary/aromatic N) is 1. The lowest BCUT2D eigenvalue weighted by Crippen LogP contribution is -2.41. The van der Waals surface area contributed by atoms with Crippen LogP contribution in [0.5, 0.6) is 0 Å². The molecule has 1 fully saturated rings. The smallest absolute Gasteiger partial charge is 0.303 e. The molecular weight excluding hydrogens is 254 g/mol. The number of carboxylic acid groups (broad SMARTS) is 1. The summed E-state index contributed by atoms with van der Waals surface area (Å²) in [6, 6.07) is 6.45. The summed E-state index contributed by atoms with van der Waals surface area (Å²) in [5.41, 5.74) is 0.833. The molecule has 0 unspecified atom stereocenters. The Morgan fingerprint density at radius 3 is 2.28 bits per heavy atom. The third-order valence-corrected chi connectivity index (χ3v) is 4.92. The van der Waals surface area contributed by atoms with Crippen LogP contribution in [-0.4, -0.2) is 36.9 Å². The van der Waals surface area contributed by atoms with Crippen LogP contribution in [0.25, 0.3) is 0 Å². The maximum absolute atomic E-state index is 12.0. The Morgan fingerprint density at radius 2 is 1.83 bits per heavy atom. The number of carboxylic acids is 1. The van der Waals surface area contributed by atoms with E-state index in [1.165, 1.54) is 4.31 Å². The lowest BCUT2D eigenvalue weighted by atomic mass is 10.1. The fourth-order valence-corrected chi connectivity index (χ4v) is 3.27. The Morgan fingerprint density at radius 1 is 1.22 bits per heavy atom. The van der Waals surface area contributed by atoms with Gasteiger partial charge >= 0.3 is 5.97 Å². The highest BCUT2D eigenvalue weighted by atomic mass is 32.2. The van der Waals surface area contributed by atoms with Gasteiger partial charge in [0.15, 0.2) is 0 Å². The van der Waals surface area contributed by atoms with Gasteiger partial charge in [-0.05, 0) is 30.5 Å². The molecule has 0 saturated carbocycles. The van der Waals surface area contributed by atoms with E-state index in [1.807, 2.05) is 0 Å². The van der Waals surface area contributed by atoms with E-state index in [4.69, 9.17) is 5.11 Å². The molecule has 1 N–H and O–H groups in total. The van der Waals surface area contributed by atoms with E-state index in [-0.39, 0.29) is 11.3 Å². The topological polar surface area (TPSA) is 74.7 Å². The molecule has 0 amide bonds. The van der Waals surface area contributed by atoms with Gasteiger partial charge in [-0.2, -0.15) is 4.31 Å². The molecular formula is C12H15NO4S. The monoisotopic (exact) mass is 269 g/mol. The molecule has 1 aromatic carbocycles. The standard InChI is InChI=1S/C12H15NO4S/c14-12(15)7-4-10-2-5-11(6-3-10)18(16,17)13-8-1-9-13/h2-3,5-6H,1,4,7-9H2,(H,14,15). The minimum absolute atomic E-state index is 0.0538. The number of hydrogen-bond donors (Lipinski definition) is 1. The average Bonchev–Trinajstić information content (AvgIpc) is 2.24. The molecule has 98 valence electrons. The molecule has 1 aromatic rings. The zero-order valence-electron chi connectivity index (χ0n) is 9.87. The van der Waals surface area contributed by atoms with Gasteiger partial charge in [0.05, 0.1) is 4.90 Å². The zero-order chi connectivity index (χ0) is 13.2. The van der Waals surface area contributed by atoms with Crippen molar-refractivity contribution in [1.82, 2.24) is 4.31 Å². The van der Waals surface area contributed by atoms with E-state index >= 15 is 0 Å². The van der Waals surface area contributed by atoms with Crippen molar-refractivity contribution in [3.8, 4) is 0 Å². The summed E-state index contributed by atoms with van der Waals surface area (Å²) < 4.78 is 25.5. The molecule has 1 aliphatic rings. The zero-order valence-corrected chi connectivity index (χ0v) is 10.7. The van der Waals surface area contributed by atoms with E-state index in [9.17, 15) is 13.2 Å². The van der Waals surface area contributed by atoms with Crippen molar-refractivity contribution in [2.24, 2.45) is 0 Å². The van der Waals surface area contributed by atoms with Crippen molar-refractivity contribution in [2.45, 2.75) is 24.2 Å². The van der Waals surface area contributed by atoms with E-state index in [0.717, 1.165) is 12.0 Å². The molecule has 1 saturated heterocycles. The second-order valence-electron chi connectivity index (χ2n) is 4.30. The normalized spacial score (nSPS) is 16.2. The maximum Gasteiger partial charge on any atom is 0.303 e. The summed E-state index contributed by atoms with van der Waals surface area (Å²) in [4.78, 5) is 10.7. The Labute approximate surface area is 106 Å². The third kappa shape index (κ3) is 2.70. The minimum Gasteiger partial charge on any atom is -0.481 e. The second kappa shape index (κ2) is 5.07. The molecule has 0 bridgehead atoms. The van der Waals surface area contributed by atoms with Gasteiger partial charge < -0.3 is 5.11 Å². The minimum atomic E-state index is -3.33. The van der Waals surface area contributed by atoms with Crippen molar-refractivity contribution >= 4 is 16.0 Å². The van der Waals surface area contributed by atoms with Gasteiger partial charge in [-0.1, -0.05) is 12.1 Å². The van der Waals surface area contributed by atoms with Gasteiger partial charge in [-0.3, -0.25) is 4.79 Å². The molecule has 0 aliphatic carbocycles. The van der Waals surface area contributed by atoms with Crippen molar-refractivity contribution in [3.63, 3.8) is 0 Å². The lowest BCUT2D eigenvalue weighted by molar-refractivity contribution is -0.136. The van der Waals surface area contributed by atoms with Gasteiger partial charge in [0.25, 0.3) is 0 Å². The average molecular weight is 269 g/mol. The van der Waals surface area contributed by atoms with Gasteiger partial charge in [0.1, 0.15) is 0 Å². The first-order valence-electron chi connectivity index (χ1n) is 5.81. The number of rotatable bonds is 5. The van der Waals surface area contributed by atoms with Crippen LogP contribution in [0.1, 0.15) is 18.4 Å². The number of hydrogen-bond acceptors (Lipinski definition) is 3. The highest BCUT2D eigenvalue weighted by Gasteiger charge is 2.28. The van der Waals surface area contributed by atoms with E-state index < -0.39 is 16.0 Å². The first-order chi connectivity index (χ1) is 8.50. The molecule has 0 atom stereocenters. The van der Waals surface area contributed by atoms with Crippen molar-refractivity contribution < 1.29 is 18.3 Å². The molecule has 1 aliphatic heterocycles. The van der Waals surface area contributed by atoms with Crippen LogP contribution < -0.4 is 0 Å².